The molecule has 4 nitrogen and oxygen atoms in total. The molecule has 1 aromatic heterocycles. The van der Waals surface area contributed by atoms with Crippen molar-refractivity contribution in [1.82, 2.24) is 0 Å². The molecule has 0 aliphatic rings. The van der Waals surface area contributed by atoms with E-state index in [9.17, 15) is 9.90 Å². The van der Waals surface area contributed by atoms with Gasteiger partial charge >= 0.3 is 5.97 Å². The van der Waals surface area contributed by atoms with Crippen LogP contribution in [0.2, 0.25) is 5.02 Å². The number of aromatic carboxylic acids is 1. The van der Waals surface area contributed by atoms with Gasteiger partial charge in [0.2, 0.25) is 0 Å². The van der Waals surface area contributed by atoms with Gasteiger partial charge in [0.05, 0.1) is 11.3 Å². The lowest BCUT2D eigenvalue weighted by Gasteiger charge is -2.10. The fourth-order valence-corrected chi connectivity index (χ4v) is 2.06. The summed E-state index contributed by atoms with van der Waals surface area (Å²) in [5, 5.41) is 19.6. The van der Waals surface area contributed by atoms with Crippen LogP contribution in [0, 0.1) is 0 Å². The lowest BCUT2D eigenvalue weighted by molar-refractivity contribution is 0.0687. The van der Waals surface area contributed by atoms with Crippen LogP contribution >= 0.6 is 27.5 Å². The van der Waals surface area contributed by atoms with Crippen LogP contribution in [0.25, 0.3) is 0 Å². The Kier molecular flexibility index (Phi) is 3.75. The van der Waals surface area contributed by atoms with E-state index < -0.39 is 12.1 Å². The van der Waals surface area contributed by atoms with Crippen molar-refractivity contribution >= 4 is 33.5 Å². The first-order chi connectivity index (χ1) is 8.50. The zero-order chi connectivity index (χ0) is 13.3. The van der Waals surface area contributed by atoms with E-state index in [1.54, 1.807) is 18.2 Å². The number of hydrogen-bond acceptors (Lipinski definition) is 3. The van der Waals surface area contributed by atoms with Gasteiger partial charge < -0.3 is 14.6 Å². The molecule has 2 aromatic rings. The van der Waals surface area contributed by atoms with Crippen molar-refractivity contribution in [1.29, 1.82) is 0 Å². The summed E-state index contributed by atoms with van der Waals surface area (Å²) < 4.78 is 5.65. The summed E-state index contributed by atoms with van der Waals surface area (Å²) in [7, 11) is 0. The predicted octanol–water partition coefficient (Wildman–Crippen LogP) is 3.48. The van der Waals surface area contributed by atoms with Gasteiger partial charge in [0.25, 0.3) is 0 Å². The average Bonchev–Trinajstić information content (AvgIpc) is 2.81. The minimum absolute atomic E-state index is 0.00303. The molecule has 0 spiro atoms. The highest BCUT2D eigenvalue weighted by Crippen LogP contribution is 2.30. The summed E-state index contributed by atoms with van der Waals surface area (Å²) in [5.41, 5.74) is 0.428. The van der Waals surface area contributed by atoms with Crippen LogP contribution in [-0.4, -0.2) is 16.2 Å². The molecule has 0 amide bonds. The molecule has 94 valence electrons. The summed E-state index contributed by atoms with van der Waals surface area (Å²) in [6, 6.07) is 6.12. The van der Waals surface area contributed by atoms with E-state index in [4.69, 9.17) is 21.1 Å². The molecule has 0 aliphatic heterocycles. The SMILES string of the molecule is O=C(O)c1ccoc1C(O)c1ccc(Cl)c(Br)c1. The highest BCUT2D eigenvalue weighted by atomic mass is 79.9. The number of halogens is 2. The lowest BCUT2D eigenvalue weighted by Crippen LogP contribution is -2.05. The first-order valence-corrected chi connectivity index (χ1v) is 6.11. The van der Waals surface area contributed by atoms with Gasteiger partial charge in [0.1, 0.15) is 11.7 Å². The topological polar surface area (TPSA) is 70.7 Å². The Bertz CT molecular complexity index is 594. The largest absolute Gasteiger partial charge is 0.478 e. The second-order valence-electron chi connectivity index (χ2n) is 3.58. The first-order valence-electron chi connectivity index (χ1n) is 4.94. The third kappa shape index (κ3) is 2.43. The normalized spacial score (nSPS) is 12.4. The molecule has 2 rings (SSSR count). The van der Waals surface area contributed by atoms with E-state index in [0.717, 1.165) is 0 Å². The predicted molar refractivity (Wildman–Crippen MR) is 68.9 cm³/mol. The van der Waals surface area contributed by atoms with Gasteiger partial charge in [-0.2, -0.15) is 0 Å². The number of benzene rings is 1. The van der Waals surface area contributed by atoms with Crippen molar-refractivity contribution in [2.24, 2.45) is 0 Å². The van der Waals surface area contributed by atoms with Crippen molar-refractivity contribution in [2.75, 3.05) is 0 Å². The van der Waals surface area contributed by atoms with E-state index in [-0.39, 0.29) is 11.3 Å². The van der Waals surface area contributed by atoms with Crippen LogP contribution in [0.15, 0.2) is 39.4 Å². The highest BCUT2D eigenvalue weighted by Gasteiger charge is 2.22. The van der Waals surface area contributed by atoms with Crippen LogP contribution in [0.5, 0.6) is 0 Å². The molecule has 6 heteroatoms. The number of carbonyl (C=O) groups is 1. The molecular formula is C12H8BrClO4. The Morgan fingerprint density at radius 2 is 2.11 bits per heavy atom. The molecule has 1 aromatic carbocycles. The quantitative estimate of drug-likeness (QED) is 0.903. The highest BCUT2D eigenvalue weighted by molar-refractivity contribution is 9.10. The molecule has 2 N–H and O–H groups in total. The summed E-state index contributed by atoms with van der Waals surface area (Å²) in [6.45, 7) is 0. The molecule has 0 aliphatic carbocycles. The van der Waals surface area contributed by atoms with E-state index in [0.29, 0.717) is 15.1 Å². The molecule has 1 heterocycles. The molecule has 1 atom stereocenters. The van der Waals surface area contributed by atoms with E-state index in [2.05, 4.69) is 15.9 Å². The summed E-state index contributed by atoms with van der Waals surface area (Å²) in [6.07, 6.45) is 0.0761. The molecule has 1 unspecified atom stereocenters. The van der Waals surface area contributed by atoms with Crippen molar-refractivity contribution in [2.45, 2.75) is 6.10 Å². The Hall–Kier alpha value is -1.30. The average molecular weight is 332 g/mol. The summed E-state index contributed by atoms with van der Waals surface area (Å²) >= 11 is 9.08. The Balaban J connectivity index is 2.41. The van der Waals surface area contributed by atoms with Crippen LogP contribution in [0.1, 0.15) is 27.8 Å². The van der Waals surface area contributed by atoms with Gasteiger partial charge in [0, 0.05) is 4.47 Å². The number of furan rings is 1. The van der Waals surface area contributed by atoms with Crippen molar-refractivity contribution < 1.29 is 19.4 Å². The molecular weight excluding hydrogens is 323 g/mol. The molecule has 0 fully saturated rings. The van der Waals surface area contributed by atoms with Gasteiger partial charge in [-0.3, -0.25) is 0 Å². The maximum atomic E-state index is 10.9. The number of aliphatic hydroxyl groups is 1. The fourth-order valence-electron chi connectivity index (χ4n) is 1.54. The van der Waals surface area contributed by atoms with Gasteiger partial charge in [-0.15, -0.1) is 0 Å². The second-order valence-corrected chi connectivity index (χ2v) is 4.84. The van der Waals surface area contributed by atoms with Crippen LogP contribution in [0.3, 0.4) is 0 Å². The van der Waals surface area contributed by atoms with Crippen LogP contribution in [-0.2, 0) is 0 Å². The zero-order valence-electron chi connectivity index (χ0n) is 8.93. The first kappa shape index (κ1) is 13.1. The number of rotatable bonds is 3. The minimum Gasteiger partial charge on any atom is -0.478 e. The molecule has 0 saturated carbocycles. The molecule has 0 saturated heterocycles. The molecule has 18 heavy (non-hydrogen) atoms. The summed E-state index contributed by atoms with van der Waals surface area (Å²) in [4.78, 5) is 10.9. The summed E-state index contributed by atoms with van der Waals surface area (Å²) in [5.74, 6) is -1.15. The smallest absolute Gasteiger partial charge is 0.339 e. The Morgan fingerprint density at radius 3 is 2.72 bits per heavy atom. The maximum absolute atomic E-state index is 10.9. The van der Waals surface area contributed by atoms with Gasteiger partial charge in [-0.1, -0.05) is 17.7 Å². The second kappa shape index (κ2) is 5.14. The van der Waals surface area contributed by atoms with Crippen LogP contribution < -0.4 is 0 Å². The monoisotopic (exact) mass is 330 g/mol. The molecule has 0 bridgehead atoms. The minimum atomic E-state index is -1.15. The van der Waals surface area contributed by atoms with E-state index in [1.165, 1.54) is 12.3 Å². The number of carboxylic acids is 1. The molecule has 0 radical (unpaired) electrons. The fraction of sp³-hybridized carbons (Fsp3) is 0.0833. The third-order valence-corrected chi connectivity index (χ3v) is 3.65. The van der Waals surface area contributed by atoms with Crippen LogP contribution in [0.4, 0.5) is 0 Å². The standard InChI is InChI=1S/C12H8BrClO4/c13-8-5-6(1-2-9(8)14)10(15)11-7(12(16)17)3-4-18-11/h1-5,10,15H,(H,16,17). The number of aliphatic hydroxyl groups excluding tert-OH is 1. The van der Waals surface area contributed by atoms with Gasteiger partial charge in [-0.05, 0) is 39.7 Å². The lowest BCUT2D eigenvalue weighted by atomic mass is 10.0. The van der Waals surface area contributed by atoms with Crippen molar-refractivity contribution in [3.8, 4) is 0 Å². The van der Waals surface area contributed by atoms with Crippen molar-refractivity contribution in [3.63, 3.8) is 0 Å². The Morgan fingerprint density at radius 1 is 1.39 bits per heavy atom. The van der Waals surface area contributed by atoms with Crippen molar-refractivity contribution in [3.05, 3.63) is 56.9 Å². The van der Waals surface area contributed by atoms with E-state index in [1.807, 2.05) is 0 Å². The van der Waals surface area contributed by atoms with Gasteiger partial charge in [0.15, 0.2) is 5.76 Å². The number of hydrogen-bond donors (Lipinski definition) is 2. The maximum Gasteiger partial charge on any atom is 0.339 e. The zero-order valence-corrected chi connectivity index (χ0v) is 11.3. The van der Waals surface area contributed by atoms with Gasteiger partial charge in [-0.25, -0.2) is 4.79 Å². The Labute approximate surface area is 116 Å². The number of carboxylic acid groups (broad SMARTS) is 1. The van der Waals surface area contributed by atoms with E-state index >= 15 is 0 Å². The third-order valence-electron chi connectivity index (χ3n) is 2.43.